The Kier molecular flexibility index (Phi) is 4.15. The van der Waals surface area contributed by atoms with Gasteiger partial charge in [0.25, 0.3) is 0 Å². The Morgan fingerprint density at radius 3 is 2.41 bits per heavy atom. The molecule has 22 heavy (non-hydrogen) atoms. The Morgan fingerprint density at radius 1 is 1.00 bits per heavy atom. The molecule has 3 rings (SSSR count). The fraction of sp³-hybridized carbons (Fsp3) is 0.158. The molecule has 1 heterocycles. The van der Waals surface area contributed by atoms with Gasteiger partial charge in [0, 0.05) is 12.1 Å². The summed E-state index contributed by atoms with van der Waals surface area (Å²) in [6.45, 7) is 2.75. The van der Waals surface area contributed by atoms with Crippen molar-refractivity contribution in [2.75, 3.05) is 0 Å². The molecule has 0 aliphatic heterocycles. The molecule has 0 spiro atoms. The van der Waals surface area contributed by atoms with Crippen LogP contribution in [0.15, 0.2) is 60.7 Å². The van der Waals surface area contributed by atoms with E-state index in [2.05, 4.69) is 48.4 Å². The van der Waals surface area contributed by atoms with Crippen LogP contribution < -0.4 is 0 Å². The predicted molar refractivity (Wildman–Crippen MR) is 87.1 cm³/mol. The van der Waals surface area contributed by atoms with Crippen LogP contribution in [-0.2, 0) is 13.0 Å². The maximum absolute atomic E-state index is 11.0. The molecule has 0 saturated carbocycles. The highest BCUT2D eigenvalue weighted by Crippen LogP contribution is 2.14. The highest BCUT2D eigenvalue weighted by Gasteiger charge is 2.09. The molecule has 0 radical (unpaired) electrons. The van der Waals surface area contributed by atoms with Crippen LogP contribution in [0, 0.1) is 6.92 Å². The van der Waals surface area contributed by atoms with Crippen molar-refractivity contribution in [2.24, 2.45) is 0 Å². The number of rotatable bonds is 5. The first kappa shape index (κ1) is 14.3. The van der Waals surface area contributed by atoms with Crippen LogP contribution >= 0.6 is 0 Å². The molecule has 0 aliphatic rings. The predicted octanol–water partition coefficient (Wildman–Crippen LogP) is 3.64. The molecule has 0 amide bonds. The third-order valence-electron chi connectivity index (χ3n) is 3.68. The summed E-state index contributed by atoms with van der Waals surface area (Å²) in [4.78, 5) is 11.0. The van der Waals surface area contributed by atoms with E-state index >= 15 is 0 Å². The molecule has 0 atom stereocenters. The van der Waals surface area contributed by atoms with Crippen LogP contribution in [-0.4, -0.2) is 16.1 Å². The van der Waals surface area contributed by atoms with Crippen molar-refractivity contribution in [2.45, 2.75) is 19.9 Å². The number of aryl methyl sites for hydroxylation is 1. The molecule has 0 bridgehead atoms. The average Bonchev–Trinajstić information content (AvgIpc) is 2.92. The number of carbonyl (C=O) groups excluding carboxylic acids is 1. The first-order valence-corrected chi connectivity index (χ1v) is 7.36. The molecule has 2 aromatic carbocycles. The van der Waals surface area contributed by atoms with E-state index < -0.39 is 0 Å². The van der Waals surface area contributed by atoms with Crippen LogP contribution in [0.5, 0.6) is 0 Å². The lowest BCUT2D eigenvalue weighted by molar-refractivity contribution is 0.111. The highest BCUT2D eigenvalue weighted by atomic mass is 16.1. The van der Waals surface area contributed by atoms with Crippen molar-refractivity contribution in [3.05, 3.63) is 88.7 Å². The molecule has 3 nitrogen and oxygen atoms in total. The normalized spacial score (nSPS) is 10.6. The van der Waals surface area contributed by atoms with Gasteiger partial charge in [-0.2, -0.15) is 5.10 Å². The zero-order chi connectivity index (χ0) is 15.4. The summed E-state index contributed by atoms with van der Waals surface area (Å²) in [6, 6.07) is 20.5. The van der Waals surface area contributed by atoms with E-state index in [0.717, 1.165) is 18.4 Å². The van der Waals surface area contributed by atoms with Gasteiger partial charge in [0.1, 0.15) is 5.69 Å². The van der Waals surface area contributed by atoms with Gasteiger partial charge < -0.3 is 0 Å². The summed E-state index contributed by atoms with van der Waals surface area (Å²) in [5.41, 5.74) is 5.17. The molecular formula is C19H18N2O. The first-order valence-electron chi connectivity index (χ1n) is 7.36. The minimum absolute atomic E-state index is 0.484. The second-order valence-corrected chi connectivity index (χ2v) is 5.48. The number of hydrogen-bond donors (Lipinski definition) is 0. The lowest BCUT2D eigenvalue weighted by atomic mass is 10.1. The van der Waals surface area contributed by atoms with Gasteiger partial charge in [-0.05, 0) is 24.1 Å². The van der Waals surface area contributed by atoms with Crippen LogP contribution in [0.2, 0.25) is 0 Å². The molecular weight excluding hydrogens is 272 g/mol. The summed E-state index contributed by atoms with van der Waals surface area (Å²) in [7, 11) is 0. The molecule has 0 aliphatic carbocycles. The maximum atomic E-state index is 11.0. The van der Waals surface area contributed by atoms with Gasteiger partial charge in [0.15, 0.2) is 6.29 Å². The number of carbonyl (C=O) groups is 1. The third-order valence-corrected chi connectivity index (χ3v) is 3.68. The van der Waals surface area contributed by atoms with Gasteiger partial charge in [-0.3, -0.25) is 9.48 Å². The number of aromatic nitrogens is 2. The Bertz CT molecular complexity index is 758. The Labute approximate surface area is 130 Å². The van der Waals surface area contributed by atoms with Gasteiger partial charge >= 0.3 is 0 Å². The van der Waals surface area contributed by atoms with E-state index in [1.807, 2.05) is 28.9 Å². The zero-order valence-corrected chi connectivity index (χ0v) is 12.6. The van der Waals surface area contributed by atoms with Crippen molar-refractivity contribution < 1.29 is 4.79 Å². The Balaban J connectivity index is 1.87. The second-order valence-electron chi connectivity index (χ2n) is 5.48. The minimum Gasteiger partial charge on any atom is -0.296 e. The van der Waals surface area contributed by atoms with Crippen LogP contribution in [0.4, 0.5) is 0 Å². The first-order chi connectivity index (χ1) is 10.7. The summed E-state index contributed by atoms with van der Waals surface area (Å²) in [5, 5.41) is 4.39. The van der Waals surface area contributed by atoms with Crippen LogP contribution in [0.3, 0.4) is 0 Å². The zero-order valence-electron chi connectivity index (χ0n) is 12.6. The molecule has 3 heteroatoms. The standard InChI is InChI=1S/C19H18N2O/c1-15-7-9-16(10-8-15)11-19-12-18(14-22)20-21(19)13-17-5-3-2-4-6-17/h2-10,12,14H,11,13H2,1H3. The van der Waals surface area contributed by atoms with Gasteiger partial charge in [-0.15, -0.1) is 0 Å². The molecule has 3 aromatic rings. The number of nitrogens with zero attached hydrogens (tertiary/aromatic N) is 2. The van der Waals surface area contributed by atoms with Crippen LogP contribution in [0.25, 0.3) is 0 Å². The van der Waals surface area contributed by atoms with Gasteiger partial charge in [0.2, 0.25) is 0 Å². The second kappa shape index (κ2) is 6.39. The van der Waals surface area contributed by atoms with Crippen molar-refractivity contribution in [1.29, 1.82) is 0 Å². The molecule has 0 fully saturated rings. The minimum atomic E-state index is 0.484. The monoisotopic (exact) mass is 290 g/mol. The fourth-order valence-electron chi connectivity index (χ4n) is 2.49. The van der Waals surface area contributed by atoms with Crippen LogP contribution in [0.1, 0.15) is 32.9 Å². The molecule has 0 N–H and O–H groups in total. The molecule has 110 valence electrons. The van der Waals surface area contributed by atoms with E-state index in [0.29, 0.717) is 12.2 Å². The van der Waals surface area contributed by atoms with Crippen molar-refractivity contribution in [3.63, 3.8) is 0 Å². The lowest BCUT2D eigenvalue weighted by Crippen LogP contribution is -2.07. The highest BCUT2D eigenvalue weighted by molar-refractivity contribution is 5.71. The van der Waals surface area contributed by atoms with E-state index in [9.17, 15) is 4.79 Å². The van der Waals surface area contributed by atoms with E-state index in [4.69, 9.17) is 0 Å². The molecule has 1 aromatic heterocycles. The van der Waals surface area contributed by atoms with E-state index in [1.165, 1.54) is 16.7 Å². The van der Waals surface area contributed by atoms with E-state index in [-0.39, 0.29) is 0 Å². The largest absolute Gasteiger partial charge is 0.296 e. The summed E-state index contributed by atoms with van der Waals surface area (Å²) >= 11 is 0. The topological polar surface area (TPSA) is 34.9 Å². The van der Waals surface area contributed by atoms with Gasteiger partial charge in [-0.1, -0.05) is 60.2 Å². The van der Waals surface area contributed by atoms with Crippen molar-refractivity contribution in [1.82, 2.24) is 9.78 Å². The third kappa shape index (κ3) is 3.31. The number of aldehydes is 1. The molecule has 0 unspecified atom stereocenters. The van der Waals surface area contributed by atoms with Gasteiger partial charge in [0.05, 0.1) is 6.54 Å². The quantitative estimate of drug-likeness (QED) is 0.672. The smallest absolute Gasteiger partial charge is 0.170 e. The van der Waals surface area contributed by atoms with Crippen molar-refractivity contribution in [3.8, 4) is 0 Å². The average molecular weight is 290 g/mol. The van der Waals surface area contributed by atoms with Crippen molar-refractivity contribution >= 4 is 6.29 Å². The number of hydrogen-bond acceptors (Lipinski definition) is 2. The summed E-state index contributed by atoms with van der Waals surface area (Å²) < 4.78 is 1.92. The SMILES string of the molecule is Cc1ccc(Cc2cc(C=O)nn2Cc2ccccc2)cc1. The number of benzene rings is 2. The lowest BCUT2D eigenvalue weighted by Gasteiger charge is -2.08. The fourth-order valence-corrected chi connectivity index (χ4v) is 2.49. The molecule has 0 saturated heterocycles. The Morgan fingerprint density at radius 2 is 1.73 bits per heavy atom. The van der Waals surface area contributed by atoms with E-state index in [1.54, 1.807) is 0 Å². The summed E-state index contributed by atoms with van der Waals surface area (Å²) in [6.07, 6.45) is 1.58. The Hall–Kier alpha value is -2.68. The summed E-state index contributed by atoms with van der Waals surface area (Å²) in [5.74, 6) is 0. The maximum Gasteiger partial charge on any atom is 0.170 e. The van der Waals surface area contributed by atoms with Gasteiger partial charge in [-0.25, -0.2) is 0 Å².